The summed E-state index contributed by atoms with van der Waals surface area (Å²) in [7, 11) is 0. The Balaban J connectivity index is 1.94. The van der Waals surface area contributed by atoms with Gasteiger partial charge in [0.1, 0.15) is 16.7 Å². The summed E-state index contributed by atoms with van der Waals surface area (Å²) in [5.41, 5.74) is -0.326. The molecule has 2 aromatic rings. The van der Waals surface area contributed by atoms with E-state index in [9.17, 15) is 27.9 Å². The van der Waals surface area contributed by atoms with Crippen molar-refractivity contribution >= 4 is 29.3 Å². The van der Waals surface area contributed by atoms with Crippen molar-refractivity contribution in [2.75, 3.05) is 10.7 Å². The SMILES string of the molecule is O=C(O)c1ccc(N2C(=O)CS[C@@H]2c2ccc(C(F)(F)F)cc2)cc1O. The molecular formula is C17H12F3NO4S. The molecule has 0 spiro atoms. The summed E-state index contributed by atoms with van der Waals surface area (Å²) in [5.74, 6) is -1.98. The smallest absolute Gasteiger partial charge is 0.416 e. The van der Waals surface area contributed by atoms with Crippen molar-refractivity contribution in [2.45, 2.75) is 11.6 Å². The Morgan fingerprint density at radius 1 is 1.15 bits per heavy atom. The second-order valence-electron chi connectivity index (χ2n) is 5.55. The molecule has 1 aliphatic heterocycles. The van der Waals surface area contributed by atoms with Crippen LogP contribution in [0.4, 0.5) is 18.9 Å². The number of alkyl halides is 3. The quantitative estimate of drug-likeness (QED) is 0.841. The van der Waals surface area contributed by atoms with Crippen LogP contribution < -0.4 is 4.90 Å². The molecule has 0 unspecified atom stereocenters. The van der Waals surface area contributed by atoms with Gasteiger partial charge in [0.25, 0.3) is 0 Å². The molecule has 0 aliphatic carbocycles. The fraction of sp³-hybridized carbons (Fsp3) is 0.176. The molecule has 5 nitrogen and oxygen atoms in total. The summed E-state index contributed by atoms with van der Waals surface area (Å²) in [6.45, 7) is 0. The van der Waals surface area contributed by atoms with E-state index in [0.29, 0.717) is 5.56 Å². The van der Waals surface area contributed by atoms with Crippen molar-refractivity contribution in [1.29, 1.82) is 0 Å². The highest BCUT2D eigenvalue weighted by atomic mass is 32.2. The van der Waals surface area contributed by atoms with Gasteiger partial charge in [-0.2, -0.15) is 13.2 Å². The second kappa shape index (κ2) is 6.56. The largest absolute Gasteiger partial charge is 0.507 e. The van der Waals surface area contributed by atoms with Crippen LogP contribution in [0.25, 0.3) is 0 Å². The van der Waals surface area contributed by atoms with E-state index in [1.165, 1.54) is 40.9 Å². The molecule has 0 aromatic heterocycles. The van der Waals surface area contributed by atoms with E-state index in [4.69, 9.17) is 5.11 Å². The molecule has 26 heavy (non-hydrogen) atoms. The normalized spacial score (nSPS) is 17.6. The fourth-order valence-electron chi connectivity index (χ4n) is 2.64. The van der Waals surface area contributed by atoms with Gasteiger partial charge in [0.15, 0.2) is 0 Å². The number of carbonyl (C=O) groups excluding carboxylic acids is 1. The Morgan fingerprint density at radius 2 is 1.81 bits per heavy atom. The Kier molecular flexibility index (Phi) is 4.57. The molecule has 1 heterocycles. The van der Waals surface area contributed by atoms with Gasteiger partial charge < -0.3 is 10.2 Å². The molecule has 2 aromatic carbocycles. The third-order valence-electron chi connectivity index (χ3n) is 3.88. The van der Waals surface area contributed by atoms with Crippen LogP contribution in [0.5, 0.6) is 5.75 Å². The van der Waals surface area contributed by atoms with E-state index < -0.39 is 28.8 Å². The van der Waals surface area contributed by atoms with Crippen LogP contribution in [0.15, 0.2) is 42.5 Å². The lowest BCUT2D eigenvalue weighted by Gasteiger charge is -2.25. The first kappa shape index (κ1) is 18.1. The number of thioether (sulfide) groups is 1. The predicted molar refractivity (Wildman–Crippen MR) is 89.2 cm³/mol. The number of phenols is 1. The molecule has 9 heteroatoms. The average Bonchev–Trinajstić information content (AvgIpc) is 2.95. The van der Waals surface area contributed by atoms with Crippen molar-refractivity contribution in [1.82, 2.24) is 0 Å². The number of halogens is 3. The van der Waals surface area contributed by atoms with Gasteiger partial charge in [-0.1, -0.05) is 12.1 Å². The zero-order chi connectivity index (χ0) is 19.1. The van der Waals surface area contributed by atoms with Gasteiger partial charge in [-0.3, -0.25) is 9.69 Å². The first-order valence-electron chi connectivity index (χ1n) is 7.35. The van der Waals surface area contributed by atoms with Crippen LogP contribution in [-0.2, 0) is 11.0 Å². The molecule has 0 radical (unpaired) electrons. The van der Waals surface area contributed by atoms with Gasteiger partial charge in [0, 0.05) is 11.8 Å². The van der Waals surface area contributed by atoms with Crippen LogP contribution >= 0.6 is 11.8 Å². The monoisotopic (exact) mass is 383 g/mol. The summed E-state index contributed by atoms with van der Waals surface area (Å²) >= 11 is 1.23. The minimum absolute atomic E-state index is 0.118. The van der Waals surface area contributed by atoms with Crippen LogP contribution in [-0.4, -0.2) is 27.8 Å². The number of carbonyl (C=O) groups is 2. The number of hydrogen-bond donors (Lipinski definition) is 2. The van der Waals surface area contributed by atoms with E-state index in [-0.39, 0.29) is 22.9 Å². The molecule has 1 fully saturated rings. The minimum atomic E-state index is -4.45. The summed E-state index contributed by atoms with van der Waals surface area (Å²) in [5, 5.41) is 18.2. The number of aromatic hydroxyl groups is 1. The fourth-order valence-corrected chi connectivity index (χ4v) is 3.81. The third-order valence-corrected chi connectivity index (χ3v) is 5.09. The summed E-state index contributed by atoms with van der Waals surface area (Å²) in [4.78, 5) is 24.6. The summed E-state index contributed by atoms with van der Waals surface area (Å²) in [6.07, 6.45) is -4.45. The average molecular weight is 383 g/mol. The molecule has 3 rings (SSSR count). The molecule has 1 atom stereocenters. The second-order valence-corrected chi connectivity index (χ2v) is 6.62. The van der Waals surface area contributed by atoms with E-state index in [2.05, 4.69) is 0 Å². The Hall–Kier alpha value is -2.68. The Bertz CT molecular complexity index is 867. The molecular weight excluding hydrogens is 371 g/mol. The van der Waals surface area contributed by atoms with Crippen LogP contribution in [0, 0.1) is 0 Å². The molecule has 2 N–H and O–H groups in total. The number of anilines is 1. The van der Waals surface area contributed by atoms with E-state index in [1.54, 1.807) is 0 Å². The summed E-state index contributed by atoms with van der Waals surface area (Å²) < 4.78 is 38.1. The maximum Gasteiger partial charge on any atom is 0.416 e. The zero-order valence-corrected chi connectivity index (χ0v) is 13.8. The van der Waals surface area contributed by atoms with Crippen molar-refractivity contribution in [3.63, 3.8) is 0 Å². The number of benzene rings is 2. The topological polar surface area (TPSA) is 77.8 Å². The number of hydrogen-bond acceptors (Lipinski definition) is 4. The predicted octanol–water partition coefficient (Wildman–Crippen LogP) is 3.89. The lowest BCUT2D eigenvalue weighted by Crippen LogP contribution is -2.27. The van der Waals surface area contributed by atoms with Gasteiger partial charge in [-0.05, 0) is 29.8 Å². The number of carboxylic acid groups (broad SMARTS) is 1. The number of amides is 1. The zero-order valence-electron chi connectivity index (χ0n) is 13.0. The lowest BCUT2D eigenvalue weighted by molar-refractivity contribution is -0.137. The highest BCUT2D eigenvalue weighted by Crippen LogP contribution is 2.43. The molecule has 136 valence electrons. The van der Waals surface area contributed by atoms with Gasteiger partial charge in [0.05, 0.1) is 11.3 Å². The van der Waals surface area contributed by atoms with E-state index in [0.717, 1.165) is 18.2 Å². The minimum Gasteiger partial charge on any atom is -0.507 e. The molecule has 1 amide bonds. The molecule has 1 aliphatic rings. The summed E-state index contributed by atoms with van der Waals surface area (Å²) in [6, 6.07) is 8.21. The molecule has 1 saturated heterocycles. The number of nitrogens with zero attached hydrogens (tertiary/aromatic N) is 1. The number of rotatable bonds is 3. The lowest BCUT2D eigenvalue weighted by atomic mass is 10.1. The molecule has 0 bridgehead atoms. The Labute approximate surface area is 150 Å². The van der Waals surface area contributed by atoms with Gasteiger partial charge in [-0.25, -0.2) is 4.79 Å². The van der Waals surface area contributed by atoms with E-state index >= 15 is 0 Å². The number of carboxylic acids is 1. The highest BCUT2D eigenvalue weighted by molar-refractivity contribution is 8.00. The highest BCUT2D eigenvalue weighted by Gasteiger charge is 2.36. The first-order valence-corrected chi connectivity index (χ1v) is 8.40. The van der Waals surface area contributed by atoms with Crippen molar-refractivity contribution in [3.8, 4) is 5.75 Å². The van der Waals surface area contributed by atoms with E-state index in [1.807, 2.05) is 0 Å². The van der Waals surface area contributed by atoms with Crippen molar-refractivity contribution < 1.29 is 33.0 Å². The van der Waals surface area contributed by atoms with Gasteiger partial charge in [-0.15, -0.1) is 11.8 Å². The molecule has 0 saturated carbocycles. The number of aromatic carboxylic acids is 1. The van der Waals surface area contributed by atoms with Gasteiger partial charge in [0.2, 0.25) is 5.91 Å². The van der Waals surface area contributed by atoms with Crippen LogP contribution in [0.2, 0.25) is 0 Å². The van der Waals surface area contributed by atoms with Gasteiger partial charge >= 0.3 is 12.1 Å². The van der Waals surface area contributed by atoms with Crippen LogP contribution in [0.1, 0.15) is 26.9 Å². The maximum absolute atomic E-state index is 12.7. The van der Waals surface area contributed by atoms with Crippen LogP contribution in [0.3, 0.4) is 0 Å². The maximum atomic E-state index is 12.7. The first-order chi connectivity index (χ1) is 12.2. The van der Waals surface area contributed by atoms with Crippen molar-refractivity contribution in [3.05, 3.63) is 59.2 Å². The van der Waals surface area contributed by atoms with Crippen molar-refractivity contribution in [2.24, 2.45) is 0 Å². The standard InChI is InChI=1S/C17H12F3NO4S/c18-17(19,20)10-3-1-9(2-4-10)15-21(14(23)8-26-15)11-5-6-12(16(24)25)13(22)7-11/h1-7,15,22H,8H2,(H,24,25)/t15-/m1/s1. The third kappa shape index (κ3) is 3.34. The Morgan fingerprint density at radius 3 is 2.35 bits per heavy atom.